The maximum atomic E-state index is 13.5. The van der Waals surface area contributed by atoms with Crippen molar-refractivity contribution in [3.8, 4) is 0 Å². The van der Waals surface area contributed by atoms with Crippen LogP contribution in [0.5, 0.6) is 0 Å². The van der Waals surface area contributed by atoms with Crippen LogP contribution in [0.4, 0.5) is 5.69 Å². The monoisotopic (exact) mass is 539 g/mol. The number of nitrogens with one attached hydrogen (secondary N) is 2. The van der Waals surface area contributed by atoms with Gasteiger partial charge in [0.1, 0.15) is 0 Å². The van der Waals surface area contributed by atoms with E-state index in [9.17, 15) is 9.59 Å². The highest BCUT2D eigenvalue weighted by molar-refractivity contribution is 5.97. The van der Waals surface area contributed by atoms with Crippen LogP contribution in [-0.4, -0.2) is 46.5 Å². The second-order valence-corrected chi connectivity index (χ2v) is 11.0. The number of carbonyl (C=O) groups is 1. The van der Waals surface area contributed by atoms with Gasteiger partial charge in [0.15, 0.2) is 0 Å². The van der Waals surface area contributed by atoms with Crippen LogP contribution < -0.4 is 15.8 Å². The number of aryl methyl sites for hydroxylation is 3. The van der Waals surface area contributed by atoms with E-state index in [0.717, 1.165) is 85.8 Å². The van der Waals surface area contributed by atoms with E-state index in [-0.39, 0.29) is 18.0 Å². The Kier molecular flexibility index (Phi) is 8.80. The number of hydrogen-bond donors (Lipinski definition) is 2. The van der Waals surface area contributed by atoms with E-state index in [1.807, 2.05) is 38.1 Å². The fourth-order valence-corrected chi connectivity index (χ4v) is 6.23. The van der Waals surface area contributed by atoms with Gasteiger partial charge >= 0.3 is 0 Å². The minimum atomic E-state index is -0.131. The van der Waals surface area contributed by atoms with E-state index in [1.54, 1.807) is 0 Å². The molecule has 2 aliphatic rings. The zero-order chi connectivity index (χ0) is 28.1. The maximum absolute atomic E-state index is 13.5. The molecule has 0 saturated carbocycles. The number of benzene rings is 1. The maximum Gasteiger partial charge on any atom is 0.253 e. The molecule has 0 atom stereocenters. The SMILES string of the molecule is CCN(c1cccc2c1CC=CCCc1cc(C)[nH]c(=O)c1CNC2=O)C1CCN(Cc2cccc(C)n2)CC1. The Morgan fingerprint density at radius 1 is 1.02 bits per heavy atom. The molecule has 1 aromatic carbocycles. The molecular weight excluding hydrogens is 498 g/mol. The average molecular weight is 540 g/mol. The first-order chi connectivity index (χ1) is 19.4. The van der Waals surface area contributed by atoms with Crippen molar-refractivity contribution in [1.29, 1.82) is 0 Å². The number of pyridine rings is 2. The molecule has 2 N–H and O–H groups in total. The summed E-state index contributed by atoms with van der Waals surface area (Å²) < 4.78 is 0. The van der Waals surface area contributed by atoms with Crippen LogP contribution in [0.1, 0.15) is 70.3 Å². The van der Waals surface area contributed by atoms with E-state index in [2.05, 4.69) is 62.4 Å². The van der Waals surface area contributed by atoms with Crippen molar-refractivity contribution in [2.24, 2.45) is 0 Å². The first-order valence-electron chi connectivity index (χ1n) is 14.6. The van der Waals surface area contributed by atoms with E-state index in [0.29, 0.717) is 23.6 Å². The van der Waals surface area contributed by atoms with Crippen molar-refractivity contribution in [3.05, 3.63) is 104 Å². The number of amides is 1. The molecule has 1 amide bonds. The Hall–Kier alpha value is -3.71. The molecule has 1 fully saturated rings. The largest absolute Gasteiger partial charge is 0.368 e. The van der Waals surface area contributed by atoms with Crippen LogP contribution in [0, 0.1) is 13.8 Å². The fourth-order valence-electron chi connectivity index (χ4n) is 6.23. The molecule has 7 nitrogen and oxygen atoms in total. The van der Waals surface area contributed by atoms with Gasteiger partial charge in [-0.3, -0.25) is 19.5 Å². The lowest BCUT2D eigenvalue weighted by atomic mass is 9.95. The van der Waals surface area contributed by atoms with Crippen molar-refractivity contribution in [2.75, 3.05) is 24.5 Å². The van der Waals surface area contributed by atoms with Gasteiger partial charge in [-0.05, 0) is 94.3 Å². The molecule has 2 aromatic heterocycles. The van der Waals surface area contributed by atoms with Crippen molar-refractivity contribution >= 4 is 11.6 Å². The predicted octanol–water partition coefficient (Wildman–Crippen LogP) is 4.85. The lowest BCUT2D eigenvalue weighted by Crippen LogP contribution is -2.45. The first kappa shape index (κ1) is 27.8. The van der Waals surface area contributed by atoms with Gasteiger partial charge in [-0.25, -0.2) is 0 Å². The summed E-state index contributed by atoms with van der Waals surface area (Å²) in [5, 5.41) is 3.06. The fraction of sp³-hybridized carbons (Fsp3) is 0.424. The number of rotatable bonds is 5. The van der Waals surface area contributed by atoms with E-state index in [4.69, 9.17) is 0 Å². The molecule has 210 valence electrons. The Morgan fingerprint density at radius 3 is 2.60 bits per heavy atom. The molecule has 7 heteroatoms. The second kappa shape index (κ2) is 12.6. The van der Waals surface area contributed by atoms with Crippen molar-refractivity contribution in [1.82, 2.24) is 20.2 Å². The quantitative estimate of drug-likeness (QED) is 0.453. The van der Waals surface area contributed by atoms with Gasteiger partial charge in [-0.15, -0.1) is 0 Å². The second-order valence-electron chi connectivity index (χ2n) is 11.0. The van der Waals surface area contributed by atoms with Crippen LogP contribution in [0.3, 0.4) is 0 Å². The third-order valence-corrected chi connectivity index (χ3v) is 8.23. The molecular formula is C33H41N5O2. The molecule has 4 heterocycles. The zero-order valence-corrected chi connectivity index (χ0v) is 24.0. The van der Waals surface area contributed by atoms with Crippen molar-refractivity contribution < 1.29 is 4.79 Å². The summed E-state index contributed by atoms with van der Waals surface area (Å²) >= 11 is 0. The number of carbonyl (C=O) groups excluding carboxylic acids is 1. The molecule has 5 rings (SSSR count). The molecule has 0 bridgehead atoms. The number of fused-ring (bicyclic) bond motifs is 2. The summed E-state index contributed by atoms with van der Waals surface area (Å²) in [6.07, 6.45) is 8.85. The Balaban J connectivity index is 1.36. The highest BCUT2D eigenvalue weighted by Crippen LogP contribution is 2.30. The number of hydrogen-bond acceptors (Lipinski definition) is 5. The van der Waals surface area contributed by atoms with Crippen LogP contribution in [-0.2, 0) is 25.9 Å². The number of likely N-dealkylation sites (tertiary alicyclic amines) is 1. The summed E-state index contributed by atoms with van der Waals surface area (Å²) in [4.78, 5) is 38.8. The third kappa shape index (κ3) is 6.36. The van der Waals surface area contributed by atoms with E-state index < -0.39 is 0 Å². The van der Waals surface area contributed by atoms with E-state index >= 15 is 0 Å². The Morgan fingerprint density at radius 2 is 1.82 bits per heavy atom. The van der Waals surface area contributed by atoms with Crippen LogP contribution >= 0.6 is 0 Å². The topological polar surface area (TPSA) is 81.3 Å². The summed E-state index contributed by atoms with van der Waals surface area (Å²) in [5.74, 6) is -0.131. The Labute approximate surface area is 237 Å². The zero-order valence-electron chi connectivity index (χ0n) is 24.0. The van der Waals surface area contributed by atoms with Crippen LogP contribution in [0.15, 0.2) is 59.4 Å². The molecule has 1 saturated heterocycles. The smallest absolute Gasteiger partial charge is 0.253 e. The minimum absolute atomic E-state index is 0.119. The molecule has 0 spiro atoms. The number of allylic oxidation sites excluding steroid dienone is 2. The van der Waals surface area contributed by atoms with Gasteiger partial charge in [0.2, 0.25) is 0 Å². The summed E-state index contributed by atoms with van der Waals surface area (Å²) in [6.45, 7) is 10.2. The molecule has 2 aliphatic heterocycles. The number of piperidine rings is 1. The Bertz CT molecular complexity index is 1430. The number of aromatic nitrogens is 2. The van der Waals surface area contributed by atoms with Gasteiger partial charge < -0.3 is 15.2 Å². The van der Waals surface area contributed by atoms with Crippen molar-refractivity contribution in [3.63, 3.8) is 0 Å². The molecule has 40 heavy (non-hydrogen) atoms. The van der Waals surface area contributed by atoms with Gasteiger partial charge in [-0.2, -0.15) is 0 Å². The van der Waals surface area contributed by atoms with Gasteiger partial charge in [0, 0.05) is 67.0 Å². The standard InChI is InChI=1S/C33H41N5O2/c1-4-38(27-16-18-37(19-17-27)22-26-12-8-10-23(2)35-26)31-15-9-14-29-28(31)13-7-5-6-11-25-20-24(3)36-33(40)30(25)21-34-32(29)39/h5,7-10,12,14-15,20,27H,4,6,11,13,16-19,21-22H2,1-3H3,(H,34,39)(H,36,40). The summed E-state index contributed by atoms with van der Waals surface area (Å²) in [5.41, 5.74) is 7.46. The molecule has 3 aromatic rings. The first-order valence-corrected chi connectivity index (χ1v) is 14.6. The lowest BCUT2D eigenvalue weighted by molar-refractivity contribution is 0.0950. The predicted molar refractivity (Wildman–Crippen MR) is 161 cm³/mol. The summed E-state index contributed by atoms with van der Waals surface area (Å²) in [6, 6.07) is 14.8. The minimum Gasteiger partial charge on any atom is -0.368 e. The van der Waals surface area contributed by atoms with Gasteiger partial charge in [0.25, 0.3) is 11.5 Å². The highest BCUT2D eigenvalue weighted by Gasteiger charge is 2.27. The summed E-state index contributed by atoms with van der Waals surface area (Å²) in [7, 11) is 0. The number of anilines is 1. The van der Waals surface area contributed by atoms with Crippen molar-refractivity contribution in [2.45, 2.75) is 72.0 Å². The van der Waals surface area contributed by atoms with Gasteiger partial charge in [0.05, 0.1) is 5.69 Å². The molecule has 0 unspecified atom stereocenters. The normalized spacial score (nSPS) is 16.8. The average Bonchev–Trinajstić information content (AvgIpc) is 2.93. The number of H-pyrrole nitrogens is 1. The number of nitrogens with zero attached hydrogens (tertiary/aromatic N) is 3. The van der Waals surface area contributed by atoms with E-state index in [1.165, 1.54) is 0 Å². The lowest BCUT2D eigenvalue weighted by Gasteiger charge is -2.40. The number of aromatic amines is 1. The highest BCUT2D eigenvalue weighted by atomic mass is 16.1. The van der Waals surface area contributed by atoms with Gasteiger partial charge in [-0.1, -0.05) is 24.3 Å². The third-order valence-electron chi connectivity index (χ3n) is 8.23. The van der Waals surface area contributed by atoms with Crippen LogP contribution in [0.25, 0.3) is 0 Å². The van der Waals surface area contributed by atoms with Crippen LogP contribution in [0.2, 0.25) is 0 Å². The molecule has 0 radical (unpaired) electrons. The molecule has 0 aliphatic carbocycles.